The average molecular weight is 221 g/mol. The van der Waals surface area contributed by atoms with Crippen LogP contribution in [-0.2, 0) is 4.74 Å². The SMILES string of the molecule is COC1CCN(c2nccc(C(C)C)n2)C1. The zero-order valence-electron chi connectivity index (χ0n) is 10.2. The van der Waals surface area contributed by atoms with Crippen LogP contribution in [0.3, 0.4) is 0 Å². The number of hydrogen-bond acceptors (Lipinski definition) is 4. The molecule has 4 heteroatoms. The van der Waals surface area contributed by atoms with Crippen molar-refractivity contribution >= 4 is 5.95 Å². The Balaban J connectivity index is 2.12. The van der Waals surface area contributed by atoms with Crippen molar-refractivity contribution in [1.29, 1.82) is 0 Å². The molecule has 0 radical (unpaired) electrons. The van der Waals surface area contributed by atoms with Gasteiger partial charge in [-0.3, -0.25) is 0 Å². The van der Waals surface area contributed by atoms with Gasteiger partial charge in [-0.15, -0.1) is 0 Å². The van der Waals surface area contributed by atoms with E-state index in [1.54, 1.807) is 7.11 Å². The van der Waals surface area contributed by atoms with Gasteiger partial charge in [0, 0.05) is 32.1 Å². The molecule has 0 N–H and O–H groups in total. The number of methoxy groups -OCH3 is 1. The fraction of sp³-hybridized carbons (Fsp3) is 0.667. The molecule has 2 rings (SSSR count). The molecule has 1 aromatic rings. The summed E-state index contributed by atoms with van der Waals surface area (Å²) in [6.45, 7) is 6.18. The summed E-state index contributed by atoms with van der Waals surface area (Å²) in [4.78, 5) is 11.1. The number of rotatable bonds is 3. The molecule has 0 bridgehead atoms. The van der Waals surface area contributed by atoms with E-state index in [0.717, 1.165) is 31.2 Å². The number of nitrogens with zero attached hydrogens (tertiary/aromatic N) is 3. The van der Waals surface area contributed by atoms with E-state index in [4.69, 9.17) is 4.74 Å². The molecule has 88 valence electrons. The van der Waals surface area contributed by atoms with Gasteiger partial charge in [0.2, 0.25) is 5.95 Å². The van der Waals surface area contributed by atoms with Crippen molar-refractivity contribution in [2.75, 3.05) is 25.1 Å². The first kappa shape index (κ1) is 11.3. The van der Waals surface area contributed by atoms with Crippen LogP contribution in [0.2, 0.25) is 0 Å². The van der Waals surface area contributed by atoms with Crippen LogP contribution in [-0.4, -0.2) is 36.3 Å². The molecule has 16 heavy (non-hydrogen) atoms. The third-order valence-electron chi connectivity index (χ3n) is 3.02. The fourth-order valence-electron chi connectivity index (χ4n) is 1.94. The van der Waals surface area contributed by atoms with Crippen LogP contribution in [0, 0.1) is 0 Å². The van der Waals surface area contributed by atoms with Gasteiger partial charge in [0.1, 0.15) is 0 Å². The van der Waals surface area contributed by atoms with Crippen LogP contribution >= 0.6 is 0 Å². The highest BCUT2D eigenvalue weighted by Gasteiger charge is 2.24. The van der Waals surface area contributed by atoms with Gasteiger partial charge in [0.25, 0.3) is 0 Å². The second kappa shape index (κ2) is 4.78. The van der Waals surface area contributed by atoms with Crippen molar-refractivity contribution in [3.05, 3.63) is 18.0 Å². The molecule has 0 spiro atoms. The molecule has 4 nitrogen and oxygen atoms in total. The van der Waals surface area contributed by atoms with E-state index in [9.17, 15) is 0 Å². The van der Waals surface area contributed by atoms with E-state index < -0.39 is 0 Å². The maximum atomic E-state index is 5.34. The first-order chi connectivity index (χ1) is 7.70. The Morgan fingerprint density at radius 1 is 1.50 bits per heavy atom. The van der Waals surface area contributed by atoms with Gasteiger partial charge in [-0.25, -0.2) is 9.97 Å². The maximum absolute atomic E-state index is 5.34. The lowest BCUT2D eigenvalue weighted by Gasteiger charge is -2.17. The van der Waals surface area contributed by atoms with Crippen molar-refractivity contribution in [2.24, 2.45) is 0 Å². The van der Waals surface area contributed by atoms with Gasteiger partial charge in [-0.2, -0.15) is 0 Å². The predicted octanol–water partition coefficient (Wildman–Crippen LogP) is 1.83. The second-order valence-corrected chi connectivity index (χ2v) is 4.53. The molecule has 2 heterocycles. The van der Waals surface area contributed by atoms with E-state index in [0.29, 0.717) is 12.0 Å². The van der Waals surface area contributed by atoms with E-state index in [1.807, 2.05) is 12.3 Å². The molecular weight excluding hydrogens is 202 g/mol. The Morgan fingerprint density at radius 2 is 2.31 bits per heavy atom. The normalized spacial score (nSPS) is 20.8. The van der Waals surface area contributed by atoms with Crippen LogP contribution in [0.15, 0.2) is 12.3 Å². The smallest absolute Gasteiger partial charge is 0.225 e. The molecule has 0 amide bonds. The Kier molecular flexibility index (Phi) is 3.39. The van der Waals surface area contributed by atoms with Crippen LogP contribution < -0.4 is 4.90 Å². The van der Waals surface area contributed by atoms with Gasteiger partial charge in [0.05, 0.1) is 6.10 Å². The lowest BCUT2D eigenvalue weighted by molar-refractivity contribution is 0.121. The standard InChI is InChI=1S/C12H19N3O/c1-9(2)11-4-6-13-12(14-11)15-7-5-10(8-15)16-3/h4,6,9-10H,5,7-8H2,1-3H3. The highest BCUT2D eigenvalue weighted by atomic mass is 16.5. The summed E-state index contributed by atoms with van der Waals surface area (Å²) >= 11 is 0. The minimum Gasteiger partial charge on any atom is -0.380 e. The zero-order chi connectivity index (χ0) is 11.5. The zero-order valence-corrected chi connectivity index (χ0v) is 10.2. The number of anilines is 1. The van der Waals surface area contributed by atoms with Crippen LogP contribution in [0.4, 0.5) is 5.95 Å². The first-order valence-electron chi connectivity index (χ1n) is 5.81. The van der Waals surface area contributed by atoms with E-state index in [-0.39, 0.29) is 0 Å². The van der Waals surface area contributed by atoms with Gasteiger partial charge in [-0.1, -0.05) is 13.8 Å². The average Bonchev–Trinajstić information content (AvgIpc) is 2.77. The lowest BCUT2D eigenvalue weighted by Crippen LogP contribution is -2.24. The monoisotopic (exact) mass is 221 g/mol. The third-order valence-corrected chi connectivity index (χ3v) is 3.02. The summed E-state index contributed by atoms with van der Waals surface area (Å²) in [5.74, 6) is 1.29. The highest BCUT2D eigenvalue weighted by molar-refractivity contribution is 5.32. The van der Waals surface area contributed by atoms with Crippen molar-refractivity contribution in [3.63, 3.8) is 0 Å². The Morgan fingerprint density at radius 3 is 2.94 bits per heavy atom. The van der Waals surface area contributed by atoms with Crippen LogP contribution in [0.25, 0.3) is 0 Å². The lowest BCUT2D eigenvalue weighted by atomic mass is 10.1. The Hall–Kier alpha value is -1.16. The van der Waals surface area contributed by atoms with Crippen molar-refractivity contribution in [1.82, 2.24) is 9.97 Å². The molecule has 0 aromatic carbocycles. The van der Waals surface area contributed by atoms with Crippen LogP contribution in [0.1, 0.15) is 31.9 Å². The molecule has 1 atom stereocenters. The molecule has 0 saturated carbocycles. The van der Waals surface area contributed by atoms with Crippen molar-refractivity contribution in [3.8, 4) is 0 Å². The Labute approximate surface area is 96.7 Å². The summed E-state index contributed by atoms with van der Waals surface area (Å²) in [7, 11) is 1.76. The molecule has 1 aliphatic rings. The predicted molar refractivity (Wildman–Crippen MR) is 63.7 cm³/mol. The first-order valence-corrected chi connectivity index (χ1v) is 5.81. The van der Waals surface area contributed by atoms with E-state index in [2.05, 4.69) is 28.7 Å². The topological polar surface area (TPSA) is 38.2 Å². The number of hydrogen-bond donors (Lipinski definition) is 0. The molecule has 1 aromatic heterocycles. The fourth-order valence-corrected chi connectivity index (χ4v) is 1.94. The Bertz CT molecular complexity index is 354. The quantitative estimate of drug-likeness (QED) is 0.780. The van der Waals surface area contributed by atoms with E-state index >= 15 is 0 Å². The summed E-state index contributed by atoms with van der Waals surface area (Å²) in [6, 6.07) is 1.98. The van der Waals surface area contributed by atoms with Gasteiger partial charge < -0.3 is 9.64 Å². The highest BCUT2D eigenvalue weighted by Crippen LogP contribution is 2.19. The molecule has 1 saturated heterocycles. The van der Waals surface area contributed by atoms with Gasteiger partial charge >= 0.3 is 0 Å². The van der Waals surface area contributed by atoms with Gasteiger partial charge in [0.15, 0.2) is 0 Å². The largest absolute Gasteiger partial charge is 0.380 e. The third kappa shape index (κ3) is 2.32. The molecule has 1 unspecified atom stereocenters. The van der Waals surface area contributed by atoms with Gasteiger partial charge in [-0.05, 0) is 18.4 Å². The summed E-state index contributed by atoms with van der Waals surface area (Å²) in [6.07, 6.45) is 3.23. The molecular formula is C12H19N3O. The summed E-state index contributed by atoms with van der Waals surface area (Å²) in [5, 5.41) is 0. The molecule has 1 fully saturated rings. The summed E-state index contributed by atoms with van der Waals surface area (Å²) < 4.78 is 5.34. The van der Waals surface area contributed by atoms with Crippen molar-refractivity contribution in [2.45, 2.75) is 32.3 Å². The minimum atomic E-state index is 0.325. The molecule has 0 aliphatic carbocycles. The van der Waals surface area contributed by atoms with Crippen LogP contribution in [0.5, 0.6) is 0 Å². The second-order valence-electron chi connectivity index (χ2n) is 4.53. The number of aromatic nitrogens is 2. The minimum absolute atomic E-state index is 0.325. The molecule has 1 aliphatic heterocycles. The summed E-state index contributed by atoms with van der Waals surface area (Å²) in [5.41, 5.74) is 1.10. The maximum Gasteiger partial charge on any atom is 0.225 e. The number of ether oxygens (including phenoxy) is 1. The van der Waals surface area contributed by atoms with E-state index in [1.165, 1.54) is 0 Å². The van der Waals surface area contributed by atoms with Crippen molar-refractivity contribution < 1.29 is 4.74 Å².